The largest absolute Gasteiger partial charge is 0.267 e. The molecule has 0 N–H and O–H groups in total. The number of aromatic nitrogens is 1. The molecule has 0 saturated heterocycles. The van der Waals surface area contributed by atoms with Gasteiger partial charge in [-0.25, -0.2) is 0 Å². The van der Waals surface area contributed by atoms with E-state index >= 15 is 0 Å². The summed E-state index contributed by atoms with van der Waals surface area (Å²) in [7, 11) is 0. The predicted molar refractivity (Wildman–Crippen MR) is 57.4 cm³/mol. The van der Waals surface area contributed by atoms with E-state index in [1.807, 2.05) is 0 Å². The van der Waals surface area contributed by atoms with E-state index in [4.69, 9.17) is 0 Å². The number of aryl methyl sites for hydroxylation is 1. The first-order valence-corrected chi connectivity index (χ1v) is 4.82. The molecule has 0 aliphatic carbocycles. The maximum atomic E-state index is 2.24. The molecule has 0 saturated carbocycles. The zero-order valence-corrected chi connectivity index (χ0v) is 11.5. The van der Waals surface area contributed by atoms with Gasteiger partial charge in [0.05, 0.1) is 0 Å². The van der Waals surface area contributed by atoms with E-state index in [2.05, 4.69) is 60.0 Å². The monoisotopic (exact) mass is 270 g/mol. The van der Waals surface area contributed by atoms with E-state index in [1.165, 1.54) is 22.0 Å². The molecule has 0 atom stereocenters. The van der Waals surface area contributed by atoms with E-state index in [0.29, 0.717) is 0 Å². The molecule has 0 fully saturated rings. The van der Waals surface area contributed by atoms with Gasteiger partial charge in [-0.05, 0) is 24.4 Å². The quantitative estimate of drug-likeness (QED) is 0.437. The normalized spacial score (nSPS) is 10.5. The molecule has 0 spiro atoms. The van der Waals surface area contributed by atoms with Crippen molar-refractivity contribution >= 4 is 16.3 Å². The standard InChI is InChI=1S/C13H11N.Y/c1-10-11-6-2-3-7-12(11)13-8-4-5-9-14(10)13;/h2-9H,1H3;. The number of hydrogen-bond donors (Lipinski definition) is 0. The number of rotatable bonds is 0. The van der Waals surface area contributed by atoms with Crippen LogP contribution in [0, 0.1) is 6.92 Å². The van der Waals surface area contributed by atoms with Gasteiger partial charge < -0.3 is 0 Å². The van der Waals surface area contributed by atoms with Crippen LogP contribution >= 0.6 is 0 Å². The van der Waals surface area contributed by atoms with E-state index in [-0.39, 0.29) is 32.7 Å². The SMILES string of the molecule is C[c-]1c2ccccc2c2cccc[n+]21.[Y]. The van der Waals surface area contributed by atoms with Crippen LogP contribution in [0.15, 0.2) is 48.7 Å². The maximum Gasteiger partial charge on any atom is 0.123 e. The van der Waals surface area contributed by atoms with Gasteiger partial charge in [-0.2, -0.15) is 0 Å². The average Bonchev–Trinajstić information content (AvgIpc) is 2.55. The molecule has 3 rings (SSSR count). The van der Waals surface area contributed by atoms with Crippen molar-refractivity contribution in [2.24, 2.45) is 0 Å². The number of nitrogens with zero attached hydrogens (tertiary/aromatic N) is 1. The minimum absolute atomic E-state index is 0. The second-order valence-electron chi connectivity index (χ2n) is 3.59. The van der Waals surface area contributed by atoms with Gasteiger partial charge in [0.25, 0.3) is 0 Å². The molecule has 3 aromatic rings. The van der Waals surface area contributed by atoms with Crippen molar-refractivity contribution in [3.8, 4) is 0 Å². The smallest absolute Gasteiger partial charge is 0.123 e. The summed E-state index contributed by atoms with van der Waals surface area (Å²) in [5, 5.41) is 2.68. The molecular formula is C13H11NY. The fraction of sp³-hybridized carbons (Fsp3) is 0.0769. The number of fused-ring (bicyclic) bond motifs is 3. The van der Waals surface area contributed by atoms with Gasteiger partial charge in [0.1, 0.15) is 17.4 Å². The number of benzene rings is 1. The molecule has 1 aromatic carbocycles. The molecular weight excluding hydrogens is 259 g/mol. The average molecular weight is 270 g/mol. The number of hydrogen-bond acceptors (Lipinski definition) is 0. The van der Waals surface area contributed by atoms with Crippen LogP contribution in [0.25, 0.3) is 16.3 Å². The Hall–Kier alpha value is -0.656. The van der Waals surface area contributed by atoms with Crippen molar-refractivity contribution in [3.05, 3.63) is 54.4 Å². The zero-order chi connectivity index (χ0) is 9.54. The van der Waals surface area contributed by atoms with Crippen LogP contribution in [-0.2, 0) is 32.7 Å². The molecule has 2 aromatic heterocycles. The van der Waals surface area contributed by atoms with E-state index in [0.717, 1.165) is 0 Å². The van der Waals surface area contributed by atoms with Gasteiger partial charge in [-0.15, -0.1) is 6.07 Å². The second kappa shape index (κ2) is 4.07. The molecule has 0 unspecified atom stereocenters. The molecule has 0 amide bonds. The van der Waals surface area contributed by atoms with Gasteiger partial charge in [0, 0.05) is 32.7 Å². The van der Waals surface area contributed by atoms with Crippen molar-refractivity contribution in [2.45, 2.75) is 6.92 Å². The Kier molecular flexibility index (Phi) is 2.95. The van der Waals surface area contributed by atoms with Crippen LogP contribution in [0.1, 0.15) is 5.69 Å². The summed E-state index contributed by atoms with van der Waals surface area (Å²) in [5.41, 5.74) is 2.61. The molecule has 15 heavy (non-hydrogen) atoms. The van der Waals surface area contributed by atoms with Crippen LogP contribution in [0.4, 0.5) is 0 Å². The minimum atomic E-state index is 0. The van der Waals surface area contributed by atoms with Crippen LogP contribution in [-0.4, -0.2) is 0 Å². The summed E-state index contributed by atoms with van der Waals surface area (Å²) >= 11 is 0. The third-order valence-corrected chi connectivity index (χ3v) is 2.81. The number of pyridine rings is 1. The fourth-order valence-electron chi connectivity index (χ4n) is 2.11. The topological polar surface area (TPSA) is 4.10 Å². The molecule has 0 bridgehead atoms. The maximum absolute atomic E-state index is 2.24. The molecule has 1 nitrogen and oxygen atoms in total. The Morgan fingerprint density at radius 3 is 2.60 bits per heavy atom. The van der Waals surface area contributed by atoms with Crippen LogP contribution in [0.5, 0.6) is 0 Å². The van der Waals surface area contributed by atoms with E-state index in [9.17, 15) is 0 Å². The van der Waals surface area contributed by atoms with Crippen molar-refractivity contribution in [1.29, 1.82) is 0 Å². The Bertz CT molecular complexity index is 557. The van der Waals surface area contributed by atoms with Crippen LogP contribution in [0.3, 0.4) is 0 Å². The van der Waals surface area contributed by atoms with E-state index in [1.54, 1.807) is 0 Å². The second-order valence-corrected chi connectivity index (χ2v) is 3.59. The van der Waals surface area contributed by atoms with Gasteiger partial charge in [0.15, 0.2) is 0 Å². The van der Waals surface area contributed by atoms with Crippen molar-refractivity contribution < 1.29 is 37.1 Å². The first kappa shape index (κ1) is 10.8. The fourth-order valence-corrected chi connectivity index (χ4v) is 2.11. The summed E-state index contributed by atoms with van der Waals surface area (Å²) in [5.74, 6) is 0. The first-order valence-electron chi connectivity index (χ1n) is 4.82. The Morgan fingerprint density at radius 1 is 1.00 bits per heavy atom. The van der Waals surface area contributed by atoms with Gasteiger partial charge in [-0.1, -0.05) is 29.7 Å². The molecule has 71 valence electrons. The predicted octanol–water partition coefficient (Wildman–Crippen LogP) is 2.60. The first-order chi connectivity index (χ1) is 6.88. The van der Waals surface area contributed by atoms with Gasteiger partial charge >= 0.3 is 0 Å². The van der Waals surface area contributed by atoms with E-state index < -0.39 is 0 Å². The summed E-state index contributed by atoms with van der Waals surface area (Å²) in [6, 6.07) is 14.9. The zero-order valence-electron chi connectivity index (χ0n) is 8.64. The van der Waals surface area contributed by atoms with Crippen LogP contribution < -0.4 is 4.40 Å². The van der Waals surface area contributed by atoms with Crippen molar-refractivity contribution in [1.82, 2.24) is 0 Å². The van der Waals surface area contributed by atoms with Gasteiger partial charge in [0.2, 0.25) is 0 Å². The summed E-state index contributed by atoms with van der Waals surface area (Å²) in [6.45, 7) is 2.16. The molecule has 0 aliphatic heterocycles. The third-order valence-electron chi connectivity index (χ3n) is 2.81. The molecule has 2 heteroatoms. The summed E-state index contributed by atoms with van der Waals surface area (Å²) in [4.78, 5) is 0. The third kappa shape index (κ3) is 1.54. The molecule has 2 heterocycles. The molecule has 1 radical (unpaired) electrons. The van der Waals surface area contributed by atoms with Crippen molar-refractivity contribution in [2.75, 3.05) is 0 Å². The van der Waals surface area contributed by atoms with Crippen molar-refractivity contribution in [3.63, 3.8) is 0 Å². The minimum Gasteiger partial charge on any atom is -0.267 e. The molecule has 0 aliphatic rings. The Balaban J connectivity index is 0.000000853. The summed E-state index contributed by atoms with van der Waals surface area (Å²) < 4.78 is 2.24. The Morgan fingerprint density at radius 2 is 1.73 bits per heavy atom. The summed E-state index contributed by atoms with van der Waals surface area (Å²) in [6.07, 6.45) is 2.12. The van der Waals surface area contributed by atoms with Crippen LogP contribution in [0.2, 0.25) is 0 Å². The van der Waals surface area contributed by atoms with Gasteiger partial charge in [-0.3, -0.25) is 4.40 Å². The Labute approximate surface area is 114 Å².